The number of rotatable bonds is 3. The van der Waals surface area contributed by atoms with E-state index in [0.29, 0.717) is 37.9 Å². The zero-order valence-electron chi connectivity index (χ0n) is 13.0. The van der Waals surface area contributed by atoms with E-state index >= 15 is 0 Å². The molecule has 1 aromatic rings. The molecule has 1 fully saturated rings. The molecule has 2 heterocycles. The number of hydrogen-bond acceptors (Lipinski definition) is 4. The molecular formula is C17H20N4O2. The van der Waals surface area contributed by atoms with E-state index in [9.17, 15) is 9.59 Å². The van der Waals surface area contributed by atoms with Crippen molar-refractivity contribution < 1.29 is 9.59 Å². The third-order valence-electron chi connectivity index (χ3n) is 4.45. The van der Waals surface area contributed by atoms with Crippen LogP contribution in [0.5, 0.6) is 0 Å². The lowest BCUT2D eigenvalue weighted by Crippen LogP contribution is -2.48. The topological polar surface area (TPSA) is 76.4 Å². The summed E-state index contributed by atoms with van der Waals surface area (Å²) in [6, 6.07) is 7.67. The Hall–Kier alpha value is -2.39. The molecule has 0 saturated carbocycles. The van der Waals surface area contributed by atoms with Crippen LogP contribution in [-0.2, 0) is 11.2 Å². The summed E-state index contributed by atoms with van der Waals surface area (Å²) in [5, 5.41) is 11.5. The second-order valence-electron chi connectivity index (χ2n) is 5.96. The molecule has 120 valence electrons. The van der Waals surface area contributed by atoms with Crippen molar-refractivity contribution >= 4 is 17.5 Å². The summed E-state index contributed by atoms with van der Waals surface area (Å²) < 4.78 is 0. The van der Waals surface area contributed by atoms with Crippen LogP contribution in [0.15, 0.2) is 18.2 Å². The van der Waals surface area contributed by atoms with Crippen molar-refractivity contribution in [3.63, 3.8) is 0 Å². The molecule has 2 aliphatic heterocycles. The fraction of sp³-hybridized carbons (Fsp3) is 0.471. The van der Waals surface area contributed by atoms with Gasteiger partial charge in [-0.25, -0.2) is 0 Å². The number of piperazine rings is 1. The molecule has 0 atom stereocenters. The number of anilines is 1. The Morgan fingerprint density at radius 3 is 2.74 bits per heavy atom. The summed E-state index contributed by atoms with van der Waals surface area (Å²) in [5.74, 6) is 0.0784. The van der Waals surface area contributed by atoms with Crippen molar-refractivity contribution in [2.75, 3.05) is 38.0 Å². The van der Waals surface area contributed by atoms with Crippen molar-refractivity contribution in [1.82, 2.24) is 9.80 Å². The van der Waals surface area contributed by atoms with Gasteiger partial charge in [0, 0.05) is 56.8 Å². The Morgan fingerprint density at radius 2 is 2.00 bits per heavy atom. The highest BCUT2D eigenvalue weighted by Crippen LogP contribution is 2.24. The Morgan fingerprint density at radius 1 is 1.22 bits per heavy atom. The van der Waals surface area contributed by atoms with Crippen molar-refractivity contribution in [1.29, 1.82) is 5.26 Å². The monoisotopic (exact) mass is 312 g/mol. The van der Waals surface area contributed by atoms with E-state index in [1.54, 1.807) is 6.07 Å². The first kappa shape index (κ1) is 15.5. The second kappa shape index (κ2) is 6.80. The normalized spacial score (nSPS) is 18.0. The van der Waals surface area contributed by atoms with Gasteiger partial charge in [-0.05, 0) is 30.2 Å². The van der Waals surface area contributed by atoms with E-state index < -0.39 is 0 Å². The number of nitriles is 1. The average molecular weight is 312 g/mol. The quantitative estimate of drug-likeness (QED) is 0.911. The molecule has 1 aromatic carbocycles. The summed E-state index contributed by atoms with van der Waals surface area (Å²) in [5.41, 5.74) is 2.53. The summed E-state index contributed by atoms with van der Waals surface area (Å²) in [7, 11) is 0. The first-order valence-corrected chi connectivity index (χ1v) is 7.99. The molecule has 0 radical (unpaired) electrons. The SMILES string of the molecule is N#CCCN1CCN(C(=O)c2ccc3c(c2)CCC(=O)N3)CC1. The molecular weight excluding hydrogens is 292 g/mol. The van der Waals surface area contributed by atoms with Gasteiger partial charge in [-0.2, -0.15) is 5.26 Å². The van der Waals surface area contributed by atoms with Crippen LogP contribution < -0.4 is 5.32 Å². The summed E-state index contributed by atoms with van der Waals surface area (Å²) >= 11 is 0. The van der Waals surface area contributed by atoms with Gasteiger partial charge in [-0.15, -0.1) is 0 Å². The Kier molecular flexibility index (Phi) is 4.58. The van der Waals surface area contributed by atoms with E-state index in [1.165, 1.54) is 0 Å². The predicted molar refractivity (Wildman–Crippen MR) is 86.0 cm³/mol. The lowest BCUT2D eigenvalue weighted by atomic mass is 10.00. The lowest BCUT2D eigenvalue weighted by Gasteiger charge is -2.34. The molecule has 1 saturated heterocycles. The third-order valence-corrected chi connectivity index (χ3v) is 4.45. The van der Waals surface area contributed by atoms with Gasteiger partial charge in [0.15, 0.2) is 0 Å². The number of aryl methyl sites for hydroxylation is 1. The zero-order chi connectivity index (χ0) is 16.2. The molecule has 0 bridgehead atoms. The van der Waals surface area contributed by atoms with Crippen LogP contribution in [-0.4, -0.2) is 54.3 Å². The van der Waals surface area contributed by atoms with Crippen molar-refractivity contribution in [2.24, 2.45) is 0 Å². The van der Waals surface area contributed by atoms with Crippen molar-refractivity contribution in [2.45, 2.75) is 19.3 Å². The maximum absolute atomic E-state index is 12.6. The van der Waals surface area contributed by atoms with Crippen LogP contribution in [0.2, 0.25) is 0 Å². The van der Waals surface area contributed by atoms with E-state index in [1.807, 2.05) is 17.0 Å². The average Bonchev–Trinajstić information content (AvgIpc) is 2.59. The van der Waals surface area contributed by atoms with Gasteiger partial charge in [0.1, 0.15) is 0 Å². The minimum Gasteiger partial charge on any atom is -0.336 e. The minimum absolute atomic E-state index is 0.0325. The molecule has 1 N–H and O–H groups in total. The van der Waals surface area contributed by atoms with Crippen LogP contribution in [0, 0.1) is 11.3 Å². The van der Waals surface area contributed by atoms with E-state index in [2.05, 4.69) is 16.3 Å². The zero-order valence-corrected chi connectivity index (χ0v) is 13.0. The van der Waals surface area contributed by atoms with Gasteiger partial charge in [0.2, 0.25) is 5.91 Å². The molecule has 6 nitrogen and oxygen atoms in total. The first-order chi connectivity index (χ1) is 11.2. The Bertz CT molecular complexity index is 657. The first-order valence-electron chi connectivity index (χ1n) is 7.99. The number of carbonyl (C=O) groups is 2. The van der Waals surface area contributed by atoms with Gasteiger partial charge >= 0.3 is 0 Å². The molecule has 6 heteroatoms. The van der Waals surface area contributed by atoms with Crippen LogP contribution in [0.3, 0.4) is 0 Å². The van der Waals surface area contributed by atoms with Gasteiger partial charge in [-0.3, -0.25) is 14.5 Å². The molecule has 0 aliphatic carbocycles. The smallest absolute Gasteiger partial charge is 0.253 e. The highest BCUT2D eigenvalue weighted by molar-refractivity contribution is 5.98. The molecule has 23 heavy (non-hydrogen) atoms. The maximum atomic E-state index is 12.6. The van der Waals surface area contributed by atoms with Gasteiger partial charge < -0.3 is 10.2 Å². The Labute approximate surface area is 135 Å². The number of amides is 2. The molecule has 2 aliphatic rings. The van der Waals surface area contributed by atoms with Crippen molar-refractivity contribution in [3.05, 3.63) is 29.3 Å². The Balaban J connectivity index is 1.63. The highest BCUT2D eigenvalue weighted by atomic mass is 16.2. The van der Waals surface area contributed by atoms with Crippen LogP contribution in [0.4, 0.5) is 5.69 Å². The molecule has 0 aromatic heterocycles. The number of benzene rings is 1. The largest absolute Gasteiger partial charge is 0.336 e. The van der Waals surface area contributed by atoms with E-state index in [4.69, 9.17) is 5.26 Å². The van der Waals surface area contributed by atoms with Gasteiger partial charge in [0.25, 0.3) is 5.91 Å². The highest BCUT2D eigenvalue weighted by Gasteiger charge is 2.23. The predicted octanol–water partition coefficient (Wildman–Crippen LogP) is 1.24. The number of fused-ring (bicyclic) bond motifs is 1. The van der Waals surface area contributed by atoms with Crippen molar-refractivity contribution in [3.8, 4) is 6.07 Å². The van der Waals surface area contributed by atoms with Gasteiger partial charge in [-0.1, -0.05) is 0 Å². The second-order valence-corrected chi connectivity index (χ2v) is 5.96. The molecule has 0 unspecified atom stereocenters. The van der Waals surface area contributed by atoms with Crippen LogP contribution >= 0.6 is 0 Å². The summed E-state index contributed by atoms with van der Waals surface area (Å²) in [6.45, 7) is 3.79. The van der Waals surface area contributed by atoms with Gasteiger partial charge in [0.05, 0.1) is 6.07 Å². The lowest BCUT2D eigenvalue weighted by molar-refractivity contribution is -0.116. The van der Waals surface area contributed by atoms with E-state index in [0.717, 1.165) is 30.9 Å². The number of nitrogens with one attached hydrogen (secondary N) is 1. The number of hydrogen-bond donors (Lipinski definition) is 1. The van der Waals surface area contributed by atoms with Crippen LogP contribution in [0.1, 0.15) is 28.8 Å². The summed E-state index contributed by atoms with van der Waals surface area (Å²) in [4.78, 5) is 28.1. The number of carbonyl (C=O) groups excluding carboxylic acids is 2. The van der Waals surface area contributed by atoms with Crippen LogP contribution in [0.25, 0.3) is 0 Å². The third kappa shape index (κ3) is 3.51. The fourth-order valence-electron chi connectivity index (χ4n) is 3.08. The molecule has 0 spiro atoms. The molecule has 3 rings (SSSR count). The van der Waals surface area contributed by atoms with E-state index in [-0.39, 0.29) is 11.8 Å². The summed E-state index contributed by atoms with van der Waals surface area (Å²) in [6.07, 6.45) is 1.69. The number of nitrogens with zero attached hydrogens (tertiary/aromatic N) is 3. The minimum atomic E-state index is 0.0325. The fourth-order valence-corrected chi connectivity index (χ4v) is 3.08. The maximum Gasteiger partial charge on any atom is 0.253 e. The standard InChI is InChI=1S/C17H20N4O2/c18-6-1-7-20-8-10-21(11-9-20)17(23)14-2-4-15-13(12-14)3-5-16(22)19-15/h2,4,12H,1,3,5,7-11H2,(H,19,22). The molecule has 2 amide bonds.